The summed E-state index contributed by atoms with van der Waals surface area (Å²) in [5, 5.41) is 2.67. The van der Waals surface area contributed by atoms with Crippen molar-refractivity contribution in [3.8, 4) is 0 Å². The lowest BCUT2D eigenvalue weighted by Gasteiger charge is -2.02. The zero-order chi connectivity index (χ0) is 13.8. The Kier molecular flexibility index (Phi) is 4.03. The Morgan fingerprint density at radius 3 is 2.50 bits per heavy atom. The highest BCUT2D eigenvalue weighted by atomic mass is 14.7. The summed E-state index contributed by atoms with van der Waals surface area (Å²) < 4.78 is 0. The van der Waals surface area contributed by atoms with Gasteiger partial charge in [0.1, 0.15) is 0 Å². The molecule has 3 N–H and O–H groups in total. The lowest BCUT2D eigenvalue weighted by Crippen LogP contribution is -1.97. The molecule has 0 saturated carbocycles. The minimum atomic E-state index is 0.821. The number of benzene rings is 2. The lowest BCUT2D eigenvalue weighted by atomic mass is 10.0. The number of nitrogens with two attached hydrogens (primary N) is 1. The molecule has 0 aliphatic heterocycles. The number of hydrogen-bond acceptors (Lipinski definition) is 1. The van der Waals surface area contributed by atoms with E-state index in [1.54, 1.807) is 0 Å². The van der Waals surface area contributed by atoms with Crippen molar-refractivity contribution in [3.05, 3.63) is 48.0 Å². The number of fused-ring (bicyclic) bond motifs is 3. The van der Waals surface area contributed by atoms with Gasteiger partial charge >= 0.3 is 0 Å². The molecular formula is C18H22N2. The summed E-state index contributed by atoms with van der Waals surface area (Å²) in [7, 11) is 0. The van der Waals surface area contributed by atoms with Gasteiger partial charge in [0, 0.05) is 21.8 Å². The maximum Gasteiger partial charge on any atom is 0.0465 e. The molecule has 0 radical (unpaired) electrons. The molecule has 0 bridgehead atoms. The fourth-order valence-electron chi connectivity index (χ4n) is 2.88. The summed E-state index contributed by atoms with van der Waals surface area (Å²) in [6, 6.07) is 15.3. The van der Waals surface area contributed by atoms with Crippen molar-refractivity contribution in [1.29, 1.82) is 0 Å². The fourth-order valence-corrected chi connectivity index (χ4v) is 2.88. The summed E-state index contributed by atoms with van der Waals surface area (Å²) >= 11 is 0. The Bertz CT molecular complexity index is 697. The number of para-hydroxylation sites is 1. The summed E-state index contributed by atoms with van der Waals surface area (Å²) in [6.45, 7) is 0.821. The number of hydrogen-bond donors (Lipinski definition) is 2. The predicted octanol–water partition coefficient (Wildman–Crippen LogP) is 4.38. The van der Waals surface area contributed by atoms with Gasteiger partial charge in [0.15, 0.2) is 0 Å². The van der Waals surface area contributed by atoms with Gasteiger partial charge < -0.3 is 10.7 Å². The minimum Gasteiger partial charge on any atom is -0.355 e. The van der Waals surface area contributed by atoms with Crippen LogP contribution in [-0.2, 0) is 6.42 Å². The van der Waals surface area contributed by atoms with E-state index in [0.29, 0.717) is 0 Å². The van der Waals surface area contributed by atoms with Crippen LogP contribution in [0.25, 0.3) is 21.8 Å². The predicted molar refractivity (Wildman–Crippen MR) is 87.0 cm³/mol. The molecule has 3 aromatic rings. The Labute approximate surface area is 120 Å². The number of aromatic nitrogens is 1. The van der Waals surface area contributed by atoms with Crippen LogP contribution in [0.3, 0.4) is 0 Å². The van der Waals surface area contributed by atoms with Crippen LogP contribution in [-0.4, -0.2) is 11.5 Å². The van der Waals surface area contributed by atoms with Gasteiger partial charge in [-0.3, -0.25) is 0 Å². The Morgan fingerprint density at radius 1 is 0.800 bits per heavy atom. The Balaban J connectivity index is 1.77. The molecule has 2 aromatic carbocycles. The molecule has 20 heavy (non-hydrogen) atoms. The highest BCUT2D eigenvalue weighted by molar-refractivity contribution is 6.07. The molecule has 0 saturated heterocycles. The molecule has 3 rings (SSSR count). The van der Waals surface area contributed by atoms with E-state index in [9.17, 15) is 0 Å². The van der Waals surface area contributed by atoms with E-state index >= 15 is 0 Å². The van der Waals surface area contributed by atoms with Gasteiger partial charge in [-0.1, -0.05) is 37.1 Å². The van der Waals surface area contributed by atoms with Crippen LogP contribution in [0.5, 0.6) is 0 Å². The summed E-state index contributed by atoms with van der Waals surface area (Å²) in [5.74, 6) is 0. The molecular weight excluding hydrogens is 244 g/mol. The molecule has 1 aromatic heterocycles. The van der Waals surface area contributed by atoms with Crippen LogP contribution in [0.15, 0.2) is 42.5 Å². The number of H-pyrrole nitrogens is 1. The molecule has 0 spiro atoms. The molecule has 1 heterocycles. The van der Waals surface area contributed by atoms with Crippen molar-refractivity contribution in [2.75, 3.05) is 6.54 Å². The van der Waals surface area contributed by atoms with E-state index in [0.717, 1.165) is 13.0 Å². The quantitative estimate of drug-likeness (QED) is 0.639. The van der Waals surface area contributed by atoms with Gasteiger partial charge in [-0.25, -0.2) is 0 Å². The zero-order valence-corrected chi connectivity index (χ0v) is 11.9. The number of unbranched alkanes of at least 4 members (excludes halogenated alkanes) is 3. The van der Waals surface area contributed by atoms with Crippen LogP contribution in [0.2, 0.25) is 0 Å². The first-order chi connectivity index (χ1) is 9.88. The van der Waals surface area contributed by atoms with E-state index in [1.807, 2.05) is 0 Å². The van der Waals surface area contributed by atoms with Crippen LogP contribution in [0.1, 0.15) is 31.2 Å². The first-order valence-corrected chi connectivity index (χ1v) is 7.58. The maximum absolute atomic E-state index is 5.52. The van der Waals surface area contributed by atoms with Crippen molar-refractivity contribution in [1.82, 2.24) is 4.98 Å². The van der Waals surface area contributed by atoms with Gasteiger partial charge in [0.2, 0.25) is 0 Å². The molecule has 0 atom stereocenters. The van der Waals surface area contributed by atoms with Gasteiger partial charge in [-0.2, -0.15) is 0 Å². The molecule has 0 aliphatic rings. The van der Waals surface area contributed by atoms with E-state index in [-0.39, 0.29) is 0 Å². The van der Waals surface area contributed by atoms with E-state index < -0.39 is 0 Å². The first kappa shape index (κ1) is 13.2. The van der Waals surface area contributed by atoms with Crippen LogP contribution in [0, 0.1) is 0 Å². The molecule has 0 aliphatic carbocycles. The average Bonchev–Trinajstić information content (AvgIpc) is 2.85. The average molecular weight is 266 g/mol. The van der Waals surface area contributed by atoms with Crippen LogP contribution in [0.4, 0.5) is 0 Å². The molecule has 0 unspecified atom stereocenters. The van der Waals surface area contributed by atoms with E-state index in [2.05, 4.69) is 47.4 Å². The first-order valence-electron chi connectivity index (χ1n) is 7.58. The van der Waals surface area contributed by atoms with Gasteiger partial charge in [0.05, 0.1) is 0 Å². The van der Waals surface area contributed by atoms with Crippen molar-refractivity contribution >= 4 is 21.8 Å². The summed E-state index contributed by atoms with van der Waals surface area (Å²) in [5.41, 5.74) is 9.42. The second-order valence-corrected chi connectivity index (χ2v) is 5.50. The monoisotopic (exact) mass is 266 g/mol. The fraction of sp³-hybridized carbons (Fsp3) is 0.333. The number of aromatic amines is 1. The topological polar surface area (TPSA) is 41.8 Å². The van der Waals surface area contributed by atoms with Crippen molar-refractivity contribution in [2.24, 2.45) is 5.73 Å². The SMILES string of the molecule is NCCCCCCc1ccc2[nH]c3ccccc3c2c1. The largest absolute Gasteiger partial charge is 0.355 e. The third-order valence-corrected chi connectivity index (χ3v) is 3.99. The summed E-state index contributed by atoms with van der Waals surface area (Å²) in [6.07, 6.45) is 6.12. The smallest absolute Gasteiger partial charge is 0.0465 e. The Hall–Kier alpha value is -1.80. The van der Waals surface area contributed by atoms with Gasteiger partial charge in [0.25, 0.3) is 0 Å². The van der Waals surface area contributed by atoms with Gasteiger partial charge in [-0.15, -0.1) is 0 Å². The zero-order valence-electron chi connectivity index (χ0n) is 11.9. The van der Waals surface area contributed by atoms with E-state index in [4.69, 9.17) is 5.73 Å². The Morgan fingerprint density at radius 2 is 1.60 bits per heavy atom. The van der Waals surface area contributed by atoms with Crippen LogP contribution < -0.4 is 5.73 Å². The molecule has 0 amide bonds. The number of nitrogens with one attached hydrogen (secondary N) is 1. The molecule has 2 heteroatoms. The second-order valence-electron chi connectivity index (χ2n) is 5.50. The van der Waals surface area contributed by atoms with Gasteiger partial charge in [-0.05, 0) is 49.6 Å². The third-order valence-electron chi connectivity index (χ3n) is 3.99. The summed E-state index contributed by atoms with van der Waals surface area (Å²) in [4.78, 5) is 3.48. The minimum absolute atomic E-state index is 0.821. The lowest BCUT2D eigenvalue weighted by molar-refractivity contribution is 0.647. The molecule has 104 valence electrons. The van der Waals surface area contributed by atoms with Crippen molar-refractivity contribution in [2.45, 2.75) is 32.1 Å². The molecule has 2 nitrogen and oxygen atoms in total. The number of rotatable bonds is 6. The number of aryl methyl sites for hydroxylation is 1. The normalized spacial score (nSPS) is 11.4. The third kappa shape index (κ3) is 2.70. The van der Waals surface area contributed by atoms with Crippen LogP contribution >= 0.6 is 0 Å². The van der Waals surface area contributed by atoms with E-state index in [1.165, 1.54) is 53.1 Å². The highest BCUT2D eigenvalue weighted by Crippen LogP contribution is 2.26. The molecule has 0 fully saturated rings. The maximum atomic E-state index is 5.52. The standard InChI is InChI=1S/C18H22N2/c19-12-6-2-1-3-7-14-10-11-18-16(13-14)15-8-4-5-9-17(15)20-18/h4-5,8-11,13,20H,1-3,6-7,12,19H2. The van der Waals surface area contributed by atoms with Crippen molar-refractivity contribution in [3.63, 3.8) is 0 Å². The highest BCUT2D eigenvalue weighted by Gasteiger charge is 2.04. The van der Waals surface area contributed by atoms with Crippen molar-refractivity contribution < 1.29 is 0 Å². The second kappa shape index (κ2) is 6.10.